The number of rotatable bonds is 7. The van der Waals surface area contributed by atoms with Crippen molar-refractivity contribution in [1.29, 1.82) is 5.26 Å². The van der Waals surface area contributed by atoms with Gasteiger partial charge in [0.25, 0.3) is 0 Å². The van der Waals surface area contributed by atoms with Crippen LogP contribution in [0.5, 0.6) is 5.75 Å². The first-order chi connectivity index (χ1) is 18.2. The predicted octanol–water partition coefficient (Wildman–Crippen LogP) is 5.06. The van der Waals surface area contributed by atoms with Gasteiger partial charge >= 0.3 is 0 Å². The van der Waals surface area contributed by atoms with Crippen molar-refractivity contribution in [1.82, 2.24) is 10.2 Å². The van der Waals surface area contributed by atoms with Gasteiger partial charge in [0.15, 0.2) is 15.9 Å². The van der Waals surface area contributed by atoms with Crippen LogP contribution < -0.4 is 15.4 Å². The molecule has 1 aromatic carbocycles. The molecule has 0 amide bonds. The van der Waals surface area contributed by atoms with Gasteiger partial charge in [-0.15, -0.1) is 10.2 Å². The van der Waals surface area contributed by atoms with Gasteiger partial charge in [0.1, 0.15) is 17.3 Å². The number of methoxy groups -OCH3 is 1. The molecule has 194 valence electrons. The fraction of sp³-hybridized carbons (Fsp3) is 0.296. The van der Waals surface area contributed by atoms with Gasteiger partial charge in [0.2, 0.25) is 5.13 Å². The summed E-state index contributed by atoms with van der Waals surface area (Å²) in [6.07, 6.45) is 2.43. The Bertz CT molecular complexity index is 1500. The third-order valence-corrected chi connectivity index (χ3v) is 8.58. The van der Waals surface area contributed by atoms with Gasteiger partial charge in [0, 0.05) is 23.3 Å². The molecule has 0 bridgehead atoms. The number of allylic oxidation sites excluding steroid dienone is 3. The lowest BCUT2D eigenvalue weighted by Crippen LogP contribution is -2.42. The van der Waals surface area contributed by atoms with Crippen molar-refractivity contribution in [3.8, 4) is 11.8 Å². The Balaban J connectivity index is 1.47. The molecule has 0 fully saturated rings. The average molecular weight is 548 g/mol. The Hall–Kier alpha value is -3.88. The van der Waals surface area contributed by atoms with E-state index in [1.165, 1.54) is 29.4 Å². The summed E-state index contributed by atoms with van der Waals surface area (Å²) in [5.41, 5.74) is 8.30. The van der Waals surface area contributed by atoms with Crippen LogP contribution in [0.25, 0.3) is 0 Å². The highest BCUT2D eigenvalue weighted by Gasteiger charge is 2.46. The number of ketones is 2. The normalized spacial score (nSPS) is 18.8. The molecule has 2 aliphatic rings. The second kappa shape index (κ2) is 10.1. The molecule has 2 N–H and O–H groups in total. The summed E-state index contributed by atoms with van der Waals surface area (Å²) in [6.45, 7) is 4.06. The summed E-state index contributed by atoms with van der Waals surface area (Å²) in [4.78, 5) is 27.8. The van der Waals surface area contributed by atoms with E-state index in [0.29, 0.717) is 50.7 Å². The monoisotopic (exact) mass is 547 g/mol. The highest BCUT2D eigenvalue weighted by Crippen LogP contribution is 2.50. The van der Waals surface area contributed by atoms with Crippen molar-refractivity contribution in [3.63, 3.8) is 0 Å². The first-order valence-corrected chi connectivity index (χ1v) is 13.7. The van der Waals surface area contributed by atoms with Crippen LogP contribution in [0.3, 0.4) is 0 Å². The lowest BCUT2D eigenvalue weighted by Gasteiger charge is -2.42. The van der Waals surface area contributed by atoms with Crippen LogP contribution in [0.1, 0.15) is 48.7 Å². The Kier molecular flexibility index (Phi) is 6.86. The molecule has 2 aromatic heterocycles. The van der Waals surface area contributed by atoms with E-state index in [4.69, 9.17) is 14.9 Å². The minimum absolute atomic E-state index is 0.0490. The summed E-state index contributed by atoms with van der Waals surface area (Å²) in [5, 5.41) is 19.1. The molecular formula is C27H25N5O4S2. The first-order valence-electron chi connectivity index (χ1n) is 11.9. The number of hydrogen-bond acceptors (Lipinski definition) is 11. The standard InChI is InChI=1S/C27H25N5O4S2/c1-27(2)11-18-23(19(33)12-27)22(21-5-4-10-36-21)17(13-28)24(29)32(18)25-30-31-26(38-25)37-14-20(34)15-6-8-16(35-3)9-7-15/h4-10,22H,11-12,14,29H2,1-3H3. The molecule has 3 aromatic rings. The molecule has 0 saturated carbocycles. The molecule has 11 heteroatoms. The minimum Gasteiger partial charge on any atom is -0.497 e. The van der Waals surface area contributed by atoms with Crippen LogP contribution in [0.4, 0.5) is 5.13 Å². The molecule has 0 saturated heterocycles. The highest BCUT2D eigenvalue weighted by molar-refractivity contribution is 8.01. The summed E-state index contributed by atoms with van der Waals surface area (Å²) < 4.78 is 11.4. The van der Waals surface area contributed by atoms with Crippen LogP contribution in [0, 0.1) is 16.7 Å². The SMILES string of the molecule is COc1ccc(C(=O)CSc2nnc(N3C(N)=C(C#N)C(c4ccco4)C4=C3CC(C)(C)CC4=O)s2)cc1. The number of nitrogens with zero attached hydrogens (tertiary/aromatic N) is 4. The lowest BCUT2D eigenvalue weighted by molar-refractivity contribution is -0.118. The molecule has 0 spiro atoms. The second-order valence-corrected chi connectivity index (χ2v) is 12.0. The van der Waals surface area contributed by atoms with Crippen molar-refractivity contribution in [2.24, 2.45) is 11.1 Å². The molecule has 1 atom stereocenters. The zero-order valence-electron chi connectivity index (χ0n) is 21.1. The Morgan fingerprint density at radius 1 is 1.29 bits per heavy atom. The predicted molar refractivity (Wildman–Crippen MR) is 144 cm³/mol. The van der Waals surface area contributed by atoms with E-state index in [9.17, 15) is 14.9 Å². The number of carbonyl (C=O) groups is 2. The van der Waals surface area contributed by atoms with Gasteiger partial charge in [-0.1, -0.05) is 36.9 Å². The number of benzene rings is 1. The fourth-order valence-corrected chi connectivity index (χ4v) is 6.58. The van der Waals surface area contributed by atoms with Crippen molar-refractivity contribution >= 4 is 39.8 Å². The Morgan fingerprint density at radius 2 is 2.05 bits per heavy atom. The highest BCUT2D eigenvalue weighted by atomic mass is 32.2. The quantitative estimate of drug-likeness (QED) is 0.316. The average Bonchev–Trinajstić information content (AvgIpc) is 3.58. The van der Waals surface area contributed by atoms with Crippen molar-refractivity contribution in [2.75, 3.05) is 17.8 Å². The van der Waals surface area contributed by atoms with Gasteiger partial charge in [0.05, 0.1) is 36.7 Å². The summed E-state index contributed by atoms with van der Waals surface area (Å²) in [6, 6.07) is 12.6. The van der Waals surface area contributed by atoms with E-state index in [1.54, 1.807) is 48.4 Å². The molecule has 5 rings (SSSR count). The van der Waals surface area contributed by atoms with E-state index in [-0.39, 0.29) is 34.1 Å². The number of carbonyl (C=O) groups excluding carboxylic acids is 2. The van der Waals surface area contributed by atoms with Gasteiger partial charge in [-0.25, -0.2) is 0 Å². The smallest absolute Gasteiger partial charge is 0.219 e. The number of aromatic nitrogens is 2. The number of nitriles is 1. The maximum absolute atomic E-state index is 13.5. The summed E-state index contributed by atoms with van der Waals surface area (Å²) in [5.74, 6) is 0.774. The Morgan fingerprint density at radius 3 is 2.71 bits per heavy atom. The third-order valence-electron chi connectivity index (χ3n) is 6.53. The Labute approximate surface area is 228 Å². The van der Waals surface area contributed by atoms with Crippen LogP contribution in [0.15, 0.2) is 74.1 Å². The van der Waals surface area contributed by atoms with E-state index < -0.39 is 5.92 Å². The molecule has 1 aliphatic heterocycles. The van der Waals surface area contributed by atoms with Crippen LogP contribution in [0.2, 0.25) is 0 Å². The van der Waals surface area contributed by atoms with E-state index in [1.807, 2.05) is 13.8 Å². The number of ether oxygens (including phenoxy) is 1. The van der Waals surface area contributed by atoms with E-state index in [2.05, 4.69) is 16.3 Å². The van der Waals surface area contributed by atoms with E-state index in [0.717, 1.165) is 0 Å². The van der Waals surface area contributed by atoms with Crippen LogP contribution in [-0.2, 0) is 4.79 Å². The topological polar surface area (TPSA) is 135 Å². The fourth-order valence-electron chi connectivity index (χ4n) is 4.81. The largest absolute Gasteiger partial charge is 0.497 e. The number of nitrogens with two attached hydrogens (primary N) is 1. The second-order valence-electron chi connectivity index (χ2n) is 9.79. The summed E-state index contributed by atoms with van der Waals surface area (Å²) >= 11 is 2.53. The number of furan rings is 1. The number of Topliss-reactive ketones (excluding diaryl/α,β-unsaturated/α-hetero) is 2. The number of thioether (sulfide) groups is 1. The molecule has 38 heavy (non-hydrogen) atoms. The van der Waals surface area contributed by atoms with Gasteiger partial charge in [-0.2, -0.15) is 5.26 Å². The molecule has 0 radical (unpaired) electrons. The third kappa shape index (κ3) is 4.73. The number of anilines is 1. The molecular weight excluding hydrogens is 522 g/mol. The van der Waals surface area contributed by atoms with Gasteiger partial charge in [-0.3, -0.25) is 14.5 Å². The molecule has 9 nitrogen and oxygen atoms in total. The molecule has 1 aliphatic carbocycles. The maximum Gasteiger partial charge on any atom is 0.219 e. The zero-order valence-corrected chi connectivity index (χ0v) is 22.7. The summed E-state index contributed by atoms with van der Waals surface area (Å²) in [7, 11) is 1.57. The zero-order chi connectivity index (χ0) is 27.0. The van der Waals surface area contributed by atoms with Crippen LogP contribution >= 0.6 is 23.1 Å². The van der Waals surface area contributed by atoms with Crippen molar-refractivity contribution < 1.29 is 18.7 Å². The molecule has 3 heterocycles. The number of hydrogen-bond donors (Lipinski definition) is 1. The minimum atomic E-state index is -0.672. The maximum atomic E-state index is 13.5. The van der Waals surface area contributed by atoms with Gasteiger partial charge < -0.3 is 14.9 Å². The first kappa shape index (κ1) is 25.8. The van der Waals surface area contributed by atoms with E-state index >= 15 is 0 Å². The molecule has 1 unspecified atom stereocenters. The van der Waals surface area contributed by atoms with Gasteiger partial charge in [-0.05, 0) is 48.2 Å². The van der Waals surface area contributed by atoms with Crippen LogP contribution in [-0.4, -0.2) is 34.6 Å². The van der Waals surface area contributed by atoms with Crippen molar-refractivity contribution in [3.05, 3.63) is 76.6 Å². The van der Waals surface area contributed by atoms with Crippen molar-refractivity contribution in [2.45, 2.75) is 36.9 Å². The lowest BCUT2D eigenvalue weighted by atomic mass is 9.69.